The van der Waals surface area contributed by atoms with Crippen LogP contribution in [0.3, 0.4) is 0 Å². The molecule has 0 saturated heterocycles. The van der Waals surface area contributed by atoms with Crippen LogP contribution < -0.4 is 9.62 Å². The monoisotopic (exact) mass is 575 g/mol. The molecule has 1 aromatic carbocycles. The van der Waals surface area contributed by atoms with Crippen LogP contribution in [0.25, 0.3) is 0 Å². The van der Waals surface area contributed by atoms with Crippen LogP contribution >= 0.6 is 18.6 Å². The fourth-order valence-corrected chi connectivity index (χ4v) is 6.31. The molecule has 1 aliphatic rings. The first kappa shape index (κ1) is 27.6. The summed E-state index contributed by atoms with van der Waals surface area (Å²) < 4.78 is 10.3. The van der Waals surface area contributed by atoms with Crippen molar-refractivity contribution in [2.24, 2.45) is 3.33 Å². The standard InChI is InChI=1S/C16H22N6.C8H10BN3.2ClH.Ti/c1-10-7-13(4)20(17-10)16(21-14(5)8-11(2)18-21)22-15(6)9-12(3)19-22;1-11-7-5-3-4-6-8(7)12(2)9(11)10;;;/h7-9,16H,1-6H3;3-6H,1-2H3;2*1H;/q;;;;+2/p-2. The van der Waals surface area contributed by atoms with Gasteiger partial charge >= 0.3 is 104 Å². The Morgan fingerprint density at radius 3 is 1.32 bits per heavy atom. The Labute approximate surface area is 232 Å². The van der Waals surface area contributed by atoms with Gasteiger partial charge in [0.15, 0.2) is 0 Å². The van der Waals surface area contributed by atoms with Gasteiger partial charge in [0.25, 0.3) is 0 Å². The van der Waals surface area contributed by atoms with Gasteiger partial charge in [-0.3, -0.25) is 0 Å². The van der Waals surface area contributed by atoms with Crippen molar-refractivity contribution in [1.82, 2.24) is 29.3 Å². The molecule has 13 heteroatoms. The van der Waals surface area contributed by atoms with Gasteiger partial charge in [-0.15, -0.1) is 0 Å². The number of halogens is 2. The average Bonchev–Trinajstić information content (AvgIpc) is 3.52. The maximum absolute atomic E-state index is 5.84. The summed E-state index contributed by atoms with van der Waals surface area (Å²) in [5.41, 5.74) is 8.57. The fraction of sp³-hybridized carbons (Fsp3) is 0.375. The largest absolute Gasteiger partial charge is 0.238 e. The number of nitrogens with zero attached hydrogens (tertiary/aromatic N) is 9. The van der Waals surface area contributed by atoms with Gasteiger partial charge in [0.05, 0.1) is 17.1 Å². The molecular formula is C24H32BCl2N9Ti. The third kappa shape index (κ3) is 5.72. The number of fused-ring (bicyclic) bond motifs is 1. The zero-order valence-corrected chi connectivity index (χ0v) is 25.6. The van der Waals surface area contributed by atoms with Crippen molar-refractivity contribution in [3.8, 4) is 0 Å². The number of anilines is 2. The second kappa shape index (κ2) is 11.2. The second-order valence-electron chi connectivity index (χ2n) is 9.39. The molecule has 4 heterocycles. The van der Waals surface area contributed by atoms with Gasteiger partial charge in [0.2, 0.25) is 6.29 Å². The minimum Gasteiger partial charge on any atom is -0.224 e. The summed E-state index contributed by atoms with van der Waals surface area (Å²) in [6.07, 6.45) is -0.226. The maximum atomic E-state index is 5.84. The van der Waals surface area contributed by atoms with Gasteiger partial charge in [0, 0.05) is 17.1 Å². The quantitative estimate of drug-likeness (QED) is 0.307. The molecule has 0 atom stereocenters. The second-order valence-corrected chi connectivity index (χ2v) is 14.3. The van der Waals surface area contributed by atoms with E-state index in [0.29, 0.717) is 0 Å². The molecule has 0 N–H and O–H groups in total. The minimum atomic E-state index is -2.19. The zero-order valence-electron chi connectivity index (χ0n) is 22.5. The Morgan fingerprint density at radius 2 is 1.05 bits per heavy atom. The smallest absolute Gasteiger partial charge is 0.224 e. The van der Waals surface area contributed by atoms with Crippen molar-refractivity contribution in [2.75, 3.05) is 23.7 Å². The Bertz CT molecular complexity index is 1300. The van der Waals surface area contributed by atoms with E-state index in [0.717, 1.165) is 34.2 Å². The average molecular weight is 576 g/mol. The Balaban J connectivity index is 0.000000186. The van der Waals surface area contributed by atoms with E-state index in [1.165, 1.54) is 11.4 Å². The van der Waals surface area contributed by atoms with Gasteiger partial charge in [-0.05, 0) is 59.7 Å². The summed E-state index contributed by atoms with van der Waals surface area (Å²) in [5.74, 6) is 0. The van der Waals surface area contributed by atoms with Crippen molar-refractivity contribution in [3.05, 3.63) is 76.6 Å². The first-order valence-corrected chi connectivity index (χ1v) is 17.0. The SMILES string of the molecule is CN1B([N]=[Ti]([Cl])[Cl])N(C)c2ccccc21.Cc1cc(C)n(C(n2nc(C)cc2C)n2nc(C)cc2C)n1. The molecule has 1 aliphatic heterocycles. The predicted molar refractivity (Wildman–Crippen MR) is 148 cm³/mol. The van der Waals surface area contributed by atoms with Crippen LogP contribution in [0.5, 0.6) is 0 Å². The van der Waals surface area contributed by atoms with E-state index < -0.39 is 15.6 Å². The number of hydrogen-bond acceptors (Lipinski definition) is 6. The molecule has 37 heavy (non-hydrogen) atoms. The van der Waals surface area contributed by atoms with E-state index in [1.807, 2.05) is 61.0 Å². The molecular weight excluding hydrogens is 544 g/mol. The van der Waals surface area contributed by atoms with E-state index in [9.17, 15) is 0 Å². The molecule has 0 fully saturated rings. The normalized spacial score (nSPS) is 12.7. The molecule has 0 bridgehead atoms. The van der Waals surface area contributed by atoms with Gasteiger partial charge in [0.1, 0.15) is 0 Å². The fourth-order valence-electron chi connectivity index (χ4n) is 4.78. The van der Waals surface area contributed by atoms with Crippen LogP contribution in [-0.4, -0.2) is 50.6 Å². The molecule has 0 radical (unpaired) electrons. The van der Waals surface area contributed by atoms with E-state index in [-0.39, 0.29) is 13.4 Å². The van der Waals surface area contributed by atoms with Gasteiger partial charge in [-0.2, -0.15) is 15.3 Å². The van der Waals surface area contributed by atoms with E-state index in [1.54, 1.807) is 0 Å². The van der Waals surface area contributed by atoms with Crippen LogP contribution in [0.4, 0.5) is 11.4 Å². The number of benzene rings is 1. The van der Waals surface area contributed by atoms with E-state index in [4.69, 9.17) is 18.6 Å². The molecule has 5 rings (SSSR count). The van der Waals surface area contributed by atoms with Crippen LogP contribution in [0, 0.1) is 41.5 Å². The van der Waals surface area contributed by atoms with Crippen molar-refractivity contribution >= 4 is 37.1 Å². The first-order valence-electron chi connectivity index (χ1n) is 12.0. The predicted octanol–water partition coefficient (Wildman–Crippen LogP) is 5.35. The van der Waals surface area contributed by atoms with E-state index >= 15 is 0 Å². The van der Waals surface area contributed by atoms with Crippen LogP contribution in [-0.2, 0) is 15.6 Å². The van der Waals surface area contributed by atoms with E-state index in [2.05, 4.69) is 79.3 Å². The Morgan fingerprint density at radius 1 is 0.703 bits per heavy atom. The van der Waals surface area contributed by atoms with Crippen LogP contribution in [0.2, 0.25) is 0 Å². The van der Waals surface area contributed by atoms with Crippen molar-refractivity contribution in [1.29, 1.82) is 0 Å². The molecule has 3 aromatic heterocycles. The van der Waals surface area contributed by atoms with Crippen LogP contribution in [0.1, 0.15) is 40.5 Å². The van der Waals surface area contributed by atoms with Gasteiger partial charge < -0.3 is 0 Å². The summed E-state index contributed by atoms with van der Waals surface area (Å²) in [7, 11) is 15.6. The number of aryl methyl sites for hydroxylation is 6. The van der Waals surface area contributed by atoms with Gasteiger partial charge in [-0.1, -0.05) is 0 Å². The molecule has 194 valence electrons. The summed E-state index contributed by atoms with van der Waals surface area (Å²) in [6.45, 7) is 12.2. The number of para-hydroxylation sites is 2. The summed E-state index contributed by atoms with van der Waals surface area (Å²) >= 11 is -2.19. The number of hydrogen-bond donors (Lipinski definition) is 0. The molecule has 4 aromatic rings. The Kier molecular flexibility index (Phi) is 8.33. The molecule has 0 unspecified atom stereocenters. The minimum absolute atomic E-state index is 0.0487. The zero-order chi connectivity index (χ0) is 27.0. The topological polar surface area (TPSA) is 72.3 Å². The van der Waals surface area contributed by atoms with Crippen molar-refractivity contribution in [3.63, 3.8) is 0 Å². The molecule has 0 spiro atoms. The molecule has 9 nitrogen and oxygen atoms in total. The first-order chi connectivity index (χ1) is 17.5. The molecule has 0 aliphatic carbocycles. The Hall–Kier alpha value is -2.39. The van der Waals surface area contributed by atoms with Crippen molar-refractivity contribution < 1.29 is 15.6 Å². The summed E-state index contributed by atoms with van der Waals surface area (Å²) in [4.78, 5) is 4.18. The third-order valence-corrected chi connectivity index (χ3v) is 7.81. The number of aromatic nitrogens is 6. The number of rotatable bonds is 4. The molecule has 0 amide bonds. The summed E-state index contributed by atoms with van der Waals surface area (Å²) in [6, 6.07) is 14.4. The van der Waals surface area contributed by atoms with Crippen LogP contribution in [0.15, 0.2) is 45.8 Å². The maximum Gasteiger partial charge on any atom is 0.238 e. The summed E-state index contributed by atoms with van der Waals surface area (Å²) in [5, 5.41) is 14.0. The van der Waals surface area contributed by atoms with Gasteiger partial charge in [-0.25, -0.2) is 14.0 Å². The molecule has 0 saturated carbocycles. The van der Waals surface area contributed by atoms with Crippen molar-refractivity contribution in [2.45, 2.75) is 47.8 Å². The third-order valence-electron chi connectivity index (χ3n) is 6.34.